The third kappa shape index (κ3) is 5.22. The van der Waals surface area contributed by atoms with Gasteiger partial charge in [0.2, 0.25) is 0 Å². The average molecular weight is 810 g/mol. The summed E-state index contributed by atoms with van der Waals surface area (Å²) in [5.74, 6) is -0.609. The molecule has 2 aliphatic carbocycles. The molecule has 3 heterocycles. The lowest BCUT2D eigenvalue weighted by Gasteiger charge is -2.40. The molecule has 16 heteroatoms. The van der Waals surface area contributed by atoms with E-state index in [9.17, 15) is 29.1 Å². The van der Waals surface area contributed by atoms with E-state index in [0.29, 0.717) is 33.9 Å². The molecule has 2 aromatic carbocycles. The molecule has 51 heavy (non-hydrogen) atoms. The first kappa shape index (κ1) is 34.1. The van der Waals surface area contributed by atoms with Crippen molar-refractivity contribution < 1.29 is 33.6 Å². The van der Waals surface area contributed by atoms with Crippen LogP contribution < -0.4 is 35.9 Å². The molecule has 0 saturated heterocycles. The monoisotopic (exact) mass is 809 g/mol. The molecular weight excluding hydrogens is 777 g/mol. The molecular formula is C35H32IN5O10. The summed E-state index contributed by atoms with van der Waals surface area (Å²) in [6.45, 7) is -0.186. The molecule has 2 aromatic heterocycles. The van der Waals surface area contributed by atoms with Crippen molar-refractivity contribution in [2.24, 2.45) is 7.05 Å². The fourth-order valence-corrected chi connectivity index (χ4v) is 7.87. The summed E-state index contributed by atoms with van der Waals surface area (Å²) in [6, 6.07) is 5.39. The van der Waals surface area contributed by atoms with Crippen LogP contribution in [0.2, 0.25) is 0 Å². The number of carbonyl (C=O) groups excluding carboxylic acids is 2. The van der Waals surface area contributed by atoms with E-state index in [2.05, 4.69) is 4.98 Å². The number of aryl methyl sites for hydroxylation is 2. The van der Waals surface area contributed by atoms with E-state index < -0.39 is 34.7 Å². The summed E-state index contributed by atoms with van der Waals surface area (Å²) in [4.78, 5) is 73.1. The second kappa shape index (κ2) is 12.7. The summed E-state index contributed by atoms with van der Waals surface area (Å²) in [6.07, 6.45) is 2.93. The summed E-state index contributed by atoms with van der Waals surface area (Å²) in [7, 11) is 7.42. The van der Waals surface area contributed by atoms with Gasteiger partial charge in [0.15, 0.2) is 23.1 Å². The number of aromatic hydroxyl groups is 1. The number of nitrogens with zero attached hydrogens (tertiary/aromatic N) is 5. The van der Waals surface area contributed by atoms with Gasteiger partial charge in [0.25, 0.3) is 5.56 Å². The first-order valence-electron chi connectivity index (χ1n) is 15.8. The van der Waals surface area contributed by atoms with Gasteiger partial charge < -0.3 is 28.6 Å². The normalized spacial score (nSPS) is 18.2. The summed E-state index contributed by atoms with van der Waals surface area (Å²) < 4.78 is 27.0. The maximum absolute atomic E-state index is 14.2. The maximum atomic E-state index is 14.2. The van der Waals surface area contributed by atoms with Crippen LogP contribution in [0.3, 0.4) is 0 Å². The highest BCUT2D eigenvalue weighted by molar-refractivity contribution is 14.1. The predicted octanol–water partition coefficient (Wildman–Crippen LogP) is 2.48. The molecule has 1 aliphatic heterocycles. The Morgan fingerprint density at radius 3 is 2.31 bits per heavy atom. The molecule has 4 aromatic rings. The second-order valence-corrected chi connectivity index (χ2v) is 13.4. The van der Waals surface area contributed by atoms with Crippen LogP contribution in [-0.2, 0) is 36.1 Å². The van der Waals surface area contributed by atoms with Crippen molar-refractivity contribution in [3.63, 3.8) is 0 Å². The second-order valence-electron chi connectivity index (χ2n) is 12.2. The zero-order chi connectivity index (χ0) is 36.5. The zero-order valence-electron chi connectivity index (χ0n) is 28.2. The van der Waals surface area contributed by atoms with Crippen molar-refractivity contribution in [3.05, 3.63) is 99.3 Å². The average Bonchev–Trinajstić information content (AvgIpc) is 3.37. The number of Topliss-reactive ketones (excluding diaryl/α,β-unsaturated/α-hetero) is 1. The van der Waals surface area contributed by atoms with E-state index in [4.69, 9.17) is 18.9 Å². The van der Waals surface area contributed by atoms with Gasteiger partial charge in [-0.3, -0.25) is 14.4 Å². The zero-order valence-corrected chi connectivity index (χ0v) is 30.3. The summed E-state index contributed by atoms with van der Waals surface area (Å²) in [5, 5.41) is 11.3. The number of phenolic OH excluding ortho intramolecular Hbond substituents is 1. The first-order chi connectivity index (χ1) is 24.4. The van der Waals surface area contributed by atoms with E-state index in [-0.39, 0.29) is 69.2 Å². The fourth-order valence-electron chi connectivity index (χ4n) is 7.29. The van der Waals surface area contributed by atoms with E-state index in [0.717, 1.165) is 4.57 Å². The smallest absolute Gasteiger partial charge is 0.347 e. The lowest BCUT2D eigenvalue weighted by molar-refractivity contribution is -0.115. The Labute approximate surface area is 302 Å². The molecule has 264 valence electrons. The predicted molar refractivity (Wildman–Crippen MR) is 192 cm³/mol. The van der Waals surface area contributed by atoms with E-state index in [1.54, 1.807) is 31.3 Å². The fraction of sp³-hybridized carbons (Fsp3) is 0.314. The maximum Gasteiger partial charge on any atom is 0.347 e. The molecule has 3 aliphatic rings. The highest BCUT2D eigenvalue weighted by Gasteiger charge is 2.46. The van der Waals surface area contributed by atoms with Crippen molar-refractivity contribution in [1.82, 2.24) is 23.5 Å². The van der Waals surface area contributed by atoms with E-state index in [1.807, 2.05) is 22.6 Å². The number of phenols is 1. The molecule has 1 N–H and O–H groups in total. The van der Waals surface area contributed by atoms with Gasteiger partial charge in [0, 0.05) is 79.4 Å². The van der Waals surface area contributed by atoms with Gasteiger partial charge in [0.1, 0.15) is 22.9 Å². The minimum Gasteiger partial charge on any atom is -0.507 e. The van der Waals surface area contributed by atoms with Gasteiger partial charge in [-0.05, 0) is 28.2 Å². The lowest BCUT2D eigenvalue weighted by Crippen LogP contribution is -2.40. The topological polar surface area (TPSA) is 175 Å². The third-order valence-electron chi connectivity index (χ3n) is 9.74. The SMILES string of the molecule is COc1cc(O)c(C2C3=CCn4c(=O)n(CCc5nc6cc(OC)c(OC)cc6n(C)c5=O)c(=O)n4C3CC3=C2C(=O)C(I)=CC3=O)c(OC)c1. The van der Waals surface area contributed by atoms with Crippen LogP contribution in [0.25, 0.3) is 11.0 Å². The third-order valence-corrected chi connectivity index (χ3v) is 10.5. The quantitative estimate of drug-likeness (QED) is 0.157. The molecule has 2 atom stereocenters. The van der Waals surface area contributed by atoms with Crippen LogP contribution in [0.15, 0.2) is 71.1 Å². The Morgan fingerprint density at radius 1 is 0.922 bits per heavy atom. The number of methoxy groups -OCH3 is 4. The molecule has 7 rings (SSSR count). The Kier molecular flexibility index (Phi) is 8.51. The molecule has 0 fully saturated rings. The number of halogens is 1. The molecule has 0 amide bonds. The number of allylic oxidation sites excluding steroid dienone is 6. The van der Waals surface area contributed by atoms with Crippen molar-refractivity contribution in [2.75, 3.05) is 28.4 Å². The molecule has 0 bridgehead atoms. The van der Waals surface area contributed by atoms with Crippen LogP contribution in [0.5, 0.6) is 28.7 Å². The molecule has 2 unspecified atom stereocenters. The highest BCUT2D eigenvalue weighted by atomic mass is 127. The highest BCUT2D eigenvalue weighted by Crippen LogP contribution is 2.54. The molecule has 0 spiro atoms. The minimum atomic E-state index is -0.978. The molecule has 0 radical (unpaired) electrons. The van der Waals surface area contributed by atoms with Crippen LogP contribution in [0, 0.1) is 0 Å². The van der Waals surface area contributed by atoms with E-state index >= 15 is 0 Å². The number of ketones is 2. The van der Waals surface area contributed by atoms with Crippen LogP contribution in [0.1, 0.15) is 29.6 Å². The lowest BCUT2D eigenvalue weighted by atomic mass is 9.68. The van der Waals surface area contributed by atoms with E-state index in [1.165, 1.54) is 54.5 Å². The van der Waals surface area contributed by atoms with Crippen molar-refractivity contribution in [1.29, 1.82) is 0 Å². The van der Waals surface area contributed by atoms with Gasteiger partial charge in [-0.15, -0.1) is 0 Å². The Morgan fingerprint density at radius 2 is 1.63 bits per heavy atom. The Hall–Kier alpha value is -5.39. The Bertz CT molecular complexity index is 2480. The standard InChI is InChI=1S/C35H32IN5O10/c1-38-23-15-27(50-4)26(49-3)14-21(23)37-20(33(38)45)7-8-39-34(46)40-9-6-17-22(41(40)35(39)47)12-18-24(42)13-19(36)32(44)30(18)29(17)31-25(43)10-16(48-2)11-28(31)51-5/h6,10-11,13-15,22,29,43H,7-9,12H2,1-5H3. The van der Waals surface area contributed by atoms with Crippen LogP contribution in [-0.4, -0.2) is 68.6 Å². The van der Waals surface area contributed by atoms with Crippen molar-refractivity contribution >= 4 is 45.2 Å². The number of aromatic nitrogens is 5. The number of hydrogen-bond donors (Lipinski definition) is 1. The van der Waals surface area contributed by atoms with Gasteiger partial charge in [-0.1, -0.05) is 6.08 Å². The number of fused-ring (bicyclic) bond motifs is 4. The number of hydrogen-bond acceptors (Lipinski definition) is 11. The number of rotatable bonds is 8. The number of ether oxygens (including phenoxy) is 4. The van der Waals surface area contributed by atoms with Crippen molar-refractivity contribution in [2.45, 2.75) is 37.9 Å². The molecule has 0 saturated carbocycles. The van der Waals surface area contributed by atoms with Gasteiger partial charge in [-0.25, -0.2) is 28.5 Å². The largest absolute Gasteiger partial charge is 0.507 e. The van der Waals surface area contributed by atoms with Gasteiger partial charge in [0.05, 0.1) is 55.6 Å². The van der Waals surface area contributed by atoms with Gasteiger partial charge >= 0.3 is 11.4 Å². The summed E-state index contributed by atoms with van der Waals surface area (Å²) in [5.41, 5.74) is 0.582. The summed E-state index contributed by atoms with van der Waals surface area (Å²) >= 11 is 1.82. The number of benzene rings is 2. The Balaban J connectivity index is 1.32. The van der Waals surface area contributed by atoms with Crippen molar-refractivity contribution in [3.8, 4) is 28.7 Å². The van der Waals surface area contributed by atoms with Gasteiger partial charge in [-0.2, -0.15) is 0 Å². The van der Waals surface area contributed by atoms with Crippen LogP contribution >= 0.6 is 22.6 Å². The number of carbonyl (C=O) groups is 2. The van der Waals surface area contributed by atoms with Crippen LogP contribution in [0.4, 0.5) is 0 Å². The minimum absolute atomic E-state index is 0.0298. The molecule has 15 nitrogen and oxygen atoms in total. The first-order valence-corrected chi connectivity index (χ1v) is 16.9.